The van der Waals surface area contributed by atoms with Gasteiger partial charge in [0, 0.05) is 6.26 Å². The van der Waals surface area contributed by atoms with E-state index in [1.165, 1.54) is 0 Å². The summed E-state index contributed by atoms with van der Waals surface area (Å²) >= 11 is 0. The Balaban J connectivity index is 4.06. The Morgan fingerprint density at radius 1 is 1.50 bits per heavy atom. The minimum atomic E-state index is -4.33. The molecule has 0 spiro atoms. The molecule has 0 aromatic rings. The highest BCUT2D eigenvalue weighted by Gasteiger charge is 2.25. The zero-order valence-electron chi connectivity index (χ0n) is 6.54. The van der Waals surface area contributed by atoms with Crippen LogP contribution in [0.4, 0.5) is 0 Å². The molecule has 0 saturated carbocycles. The van der Waals surface area contributed by atoms with Crippen LogP contribution in [0.1, 0.15) is 6.42 Å². The van der Waals surface area contributed by atoms with Gasteiger partial charge in [-0.1, -0.05) is 0 Å². The van der Waals surface area contributed by atoms with E-state index in [1.807, 2.05) is 0 Å². The van der Waals surface area contributed by atoms with Gasteiger partial charge in [-0.15, -0.1) is 0 Å². The molecule has 0 aromatic heterocycles. The SMILES string of the molecule is CS(=O)(=O)CC[C@H](N)P(=O)(O)O. The molecule has 0 aliphatic heterocycles. The number of hydrogen-bond acceptors (Lipinski definition) is 4. The Hall–Kier alpha value is 0.0600. The van der Waals surface area contributed by atoms with E-state index >= 15 is 0 Å². The maximum Gasteiger partial charge on any atom is 0.342 e. The third-order valence-electron chi connectivity index (χ3n) is 1.22. The van der Waals surface area contributed by atoms with Crippen LogP contribution in [0.3, 0.4) is 0 Å². The second kappa shape index (κ2) is 3.85. The molecular formula is C4H12NO5PS. The molecule has 0 aromatic carbocycles. The molecule has 4 N–H and O–H groups in total. The van der Waals surface area contributed by atoms with Crippen LogP contribution < -0.4 is 5.73 Å². The molecule has 0 fully saturated rings. The van der Waals surface area contributed by atoms with Crippen LogP contribution in [0.15, 0.2) is 0 Å². The van der Waals surface area contributed by atoms with Crippen molar-refractivity contribution in [2.45, 2.75) is 12.2 Å². The smallest absolute Gasteiger partial charge is 0.323 e. The van der Waals surface area contributed by atoms with Crippen molar-refractivity contribution in [2.75, 3.05) is 12.0 Å². The van der Waals surface area contributed by atoms with Gasteiger partial charge >= 0.3 is 7.60 Å². The first kappa shape index (κ1) is 12.1. The highest BCUT2D eigenvalue weighted by atomic mass is 32.2. The monoisotopic (exact) mass is 217 g/mol. The minimum Gasteiger partial charge on any atom is -0.323 e. The third-order valence-corrected chi connectivity index (χ3v) is 3.32. The Morgan fingerprint density at radius 2 is 1.92 bits per heavy atom. The summed E-state index contributed by atoms with van der Waals surface area (Å²) in [7, 11) is -7.53. The molecule has 0 heterocycles. The summed E-state index contributed by atoms with van der Waals surface area (Å²) in [4.78, 5) is 16.9. The van der Waals surface area contributed by atoms with Gasteiger partial charge in [0.15, 0.2) is 0 Å². The molecule has 12 heavy (non-hydrogen) atoms. The van der Waals surface area contributed by atoms with Crippen molar-refractivity contribution in [3.63, 3.8) is 0 Å². The Morgan fingerprint density at radius 3 is 2.17 bits per heavy atom. The maximum atomic E-state index is 10.6. The van der Waals surface area contributed by atoms with Gasteiger partial charge in [-0.3, -0.25) is 4.57 Å². The summed E-state index contributed by atoms with van der Waals surface area (Å²) in [5, 5.41) is 0. The maximum absolute atomic E-state index is 10.6. The Bertz CT molecular complexity index is 280. The molecule has 1 atom stereocenters. The van der Waals surface area contributed by atoms with E-state index in [4.69, 9.17) is 15.5 Å². The first-order valence-electron chi connectivity index (χ1n) is 3.11. The van der Waals surface area contributed by atoms with Crippen molar-refractivity contribution in [1.82, 2.24) is 0 Å². The molecule has 6 nitrogen and oxygen atoms in total. The molecule has 0 bridgehead atoms. The lowest BCUT2D eigenvalue weighted by Crippen LogP contribution is -2.23. The molecule has 0 amide bonds. The highest BCUT2D eigenvalue weighted by Crippen LogP contribution is 2.39. The van der Waals surface area contributed by atoms with Crippen LogP contribution in [0.25, 0.3) is 0 Å². The standard InChI is InChI=1S/C4H12NO5PS/c1-12(9,10)3-2-4(5)11(6,7)8/h4H,2-3,5H2,1H3,(H2,6,7,8)/t4-/m1/s1. The van der Waals surface area contributed by atoms with Crippen molar-refractivity contribution < 1.29 is 22.8 Å². The van der Waals surface area contributed by atoms with E-state index in [9.17, 15) is 13.0 Å². The molecule has 0 saturated heterocycles. The average molecular weight is 217 g/mol. The lowest BCUT2D eigenvalue weighted by atomic mass is 10.5. The number of sulfone groups is 1. The largest absolute Gasteiger partial charge is 0.342 e. The first-order valence-corrected chi connectivity index (χ1v) is 6.85. The highest BCUT2D eigenvalue weighted by molar-refractivity contribution is 7.90. The second-order valence-corrected chi connectivity index (χ2v) is 6.68. The van der Waals surface area contributed by atoms with Gasteiger partial charge in [0.2, 0.25) is 0 Å². The summed E-state index contributed by atoms with van der Waals surface area (Å²) in [6, 6.07) is 0. The van der Waals surface area contributed by atoms with E-state index in [0.717, 1.165) is 6.26 Å². The van der Waals surface area contributed by atoms with E-state index < -0.39 is 23.2 Å². The van der Waals surface area contributed by atoms with Crippen molar-refractivity contribution in [3.05, 3.63) is 0 Å². The van der Waals surface area contributed by atoms with Crippen LogP contribution in [0, 0.1) is 0 Å². The average Bonchev–Trinajstić information content (AvgIpc) is 1.78. The first-order chi connectivity index (χ1) is 5.13. The summed E-state index contributed by atoms with van der Waals surface area (Å²) in [5.74, 6) is -1.69. The van der Waals surface area contributed by atoms with Gasteiger partial charge in [0.05, 0.1) is 5.75 Å². The molecule has 8 heteroatoms. The fourth-order valence-corrected chi connectivity index (χ4v) is 1.83. The van der Waals surface area contributed by atoms with Crippen LogP contribution in [-0.4, -0.2) is 36.0 Å². The molecule has 0 aliphatic rings. The molecule has 0 unspecified atom stereocenters. The second-order valence-electron chi connectivity index (χ2n) is 2.57. The van der Waals surface area contributed by atoms with Crippen molar-refractivity contribution >= 4 is 17.4 Å². The summed E-state index contributed by atoms with van der Waals surface area (Å²) in [5.41, 5.74) is 5.03. The third kappa shape index (κ3) is 5.68. The van der Waals surface area contributed by atoms with Crippen LogP contribution >= 0.6 is 7.60 Å². The van der Waals surface area contributed by atoms with Crippen LogP contribution in [0.2, 0.25) is 0 Å². The zero-order valence-corrected chi connectivity index (χ0v) is 8.25. The molecule has 0 rings (SSSR count). The van der Waals surface area contributed by atoms with Gasteiger partial charge in [0.25, 0.3) is 0 Å². The van der Waals surface area contributed by atoms with Gasteiger partial charge in [-0.05, 0) is 6.42 Å². The topological polar surface area (TPSA) is 118 Å². The van der Waals surface area contributed by atoms with Crippen LogP contribution in [-0.2, 0) is 14.4 Å². The fourth-order valence-electron chi connectivity index (χ4n) is 0.503. The lowest BCUT2D eigenvalue weighted by Gasteiger charge is -2.11. The van der Waals surface area contributed by atoms with Crippen molar-refractivity contribution in [1.29, 1.82) is 0 Å². The van der Waals surface area contributed by atoms with E-state index in [0.29, 0.717) is 0 Å². The minimum absolute atomic E-state index is 0.219. The quantitative estimate of drug-likeness (QED) is 0.513. The van der Waals surface area contributed by atoms with E-state index in [1.54, 1.807) is 0 Å². The summed E-state index contributed by atoms with van der Waals surface area (Å²) < 4.78 is 31.5. The zero-order chi connectivity index (χ0) is 9.99. The van der Waals surface area contributed by atoms with Gasteiger partial charge in [-0.2, -0.15) is 0 Å². The van der Waals surface area contributed by atoms with Crippen molar-refractivity contribution in [3.8, 4) is 0 Å². The predicted molar refractivity (Wildman–Crippen MR) is 44.3 cm³/mol. The normalized spacial score (nSPS) is 16.0. The fraction of sp³-hybridized carbons (Fsp3) is 1.00. The van der Waals surface area contributed by atoms with Crippen LogP contribution in [0.5, 0.6) is 0 Å². The van der Waals surface area contributed by atoms with E-state index in [-0.39, 0.29) is 12.2 Å². The van der Waals surface area contributed by atoms with Gasteiger partial charge < -0.3 is 15.5 Å². The van der Waals surface area contributed by atoms with Gasteiger partial charge in [-0.25, -0.2) is 8.42 Å². The molecule has 74 valence electrons. The Labute approximate surface area is 70.9 Å². The van der Waals surface area contributed by atoms with Crippen molar-refractivity contribution in [2.24, 2.45) is 5.73 Å². The van der Waals surface area contributed by atoms with E-state index in [2.05, 4.69) is 0 Å². The molecule has 0 aliphatic carbocycles. The summed E-state index contributed by atoms with van der Waals surface area (Å²) in [6.45, 7) is 0. The molecular weight excluding hydrogens is 205 g/mol. The Kier molecular flexibility index (Phi) is 3.87. The number of rotatable bonds is 4. The number of hydrogen-bond donors (Lipinski definition) is 3. The van der Waals surface area contributed by atoms with Gasteiger partial charge in [0.1, 0.15) is 15.6 Å². The lowest BCUT2D eigenvalue weighted by molar-refractivity contribution is 0.357. The number of nitrogens with two attached hydrogens (primary N) is 1. The predicted octanol–water partition coefficient (Wildman–Crippen LogP) is -1.12. The molecule has 0 radical (unpaired) electrons. The summed E-state index contributed by atoms with van der Waals surface area (Å²) in [6.07, 6.45) is 0.766.